The van der Waals surface area contributed by atoms with Gasteiger partial charge in [-0.1, -0.05) is 12.2 Å². The van der Waals surface area contributed by atoms with Crippen LogP contribution in [0.1, 0.15) is 90.4 Å². The van der Waals surface area contributed by atoms with Crippen molar-refractivity contribution in [2.75, 3.05) is 34.0 Å². The fourth-order valence-electron chi connectivity index (χ4n) is 14.2. The molecule has 0 spiro atoms. The number of carbonyl (C=O) groups excluding carboxylic acids is 2. The highest BCUT2D eigenvalue weighted by atomic mass is 16.7. The first kappa shape index (κ1) is 70.7. The largest absolute Gasteiger partial charge is 0.460 e. The highest BCUT2D eigenvalue weighted by Gasteiger charge is 2.58. The lowest BCUT2D eigenvalue weighted by Gasteiger charge is -2.50. The molecular formula is C59H95O30+. The number of fused-ring (bicyclic) bond motifs is 1. The number of allylic oxidation sites excluding steroid dienone is 2. The van der Waals surface area contributed by atoms with E-state index < -0.39 is 221 Å². The summed E-state index contributed by atoms with van der Waals surface area (Å²) in [5.41, 5.74) is 0. The van der Waals surface area contributed by atoms with Gasteiger partial charge in [0.15, 0.2) is 43.5 Å². The van der Waals surface area contributed by atoms with E-state index in [1.807, 2.05) is 0 Å². The van der Waals surface area contributed by atoms with Crippen LogP contribution >= 0.6 is 0 Å². The van der Waals surface area contributed by atoms with Crippen molar-refractivity contribution in [1.82, 2.24) is 0 Å². The Morgan fingerprint density at radius 3 is 1.56 bits per heavy atom. The summed E-state index contributed by atoms with van der Waals surface area (Å²) < 4.78 is 75.6. The second-order valence-electron chi connectivity index (χ2n) is 25.6. The average molecular weight is 1280 g/mol. The van der Waals surface area contributed by atoms with Crippen LogP contribution in [0.25, 0.3) is 0 Å². The molecule has 510 valence electrons. The number of aliphatic hydroxyl groups excluding tert-OH is 15. The number of hydrogen-bond donors (Lipinski definition) is 15. The molecule has 0 aromatic rings. The van der Waals surface area contributed by atoms with Crippen molar-refractivity contribution in [3.8, 4) is 0 Å². The molecule has 28 atom stereocenters. The Hall–Kier alpha value is -2.62. The maximum atomic E-state index is 13.2. The van der Waals surface area contributed by atoms with Gasteiger partial charge in [0.2, 0.25) is 0 Å². The predicted octanol–water partition coefficient (Wildman–Crippen LogP) is -5.41. The Kier molecular flexibility index (Phi) is 25.2. The molecule has 5 aliphatic heterocycles. The molecule has 5 heterocycles. The second-order valence-corrected chi connectivity index (χ2v) is 25.6. The minimum Gasteiger partial charge on any atom is -0.460 e. The van der Waals surface area contributed by atoms with Gasteiger partial charge in [-0.05, 0) is 89.4 Å². The zero-order valence-electron chi connectivity index (χ0n) is 50.1. The summed E-state index contributed by atoms with van der Waals surface area (Å²) in [6, 6.07) is 0. The molecule has 16 N–H and O–H groups in total. The number of methoxy groups -OCH3 is 2. The lowest BCUT2D eigenvalue weighted by molar-refractivity contribution is -0.371. The lowest BCUT2D eigenvalue weighted by Crippen LogP contribution is -2.65. The Balaban J connectivity index is 0.765. The molecule has 9 rings (SSSR count). The molecule has 5 saturated heterocycles. The minimum absolute atomic E-state index is 0.0133. The molecular weight excluding hydrogens is 1190 g/mol. The van der Waals surface area contributed by atoms with E-state index in [4.69, 9.17) is 61.6 Å². The smallest absolute Gasteiger partial charge is 0.330 e. The van der Waals surface area contributed by atoms with Crippen molar-refractivity contribution in [3.63, 3.8) is 0 Å². The van der Waals surface area contributed by atoms with Gasteiger partial charge in [0.1, 0.15) is 104 Å². The first-order valence-electron chi connectivity index (χ1n) is 31.3. The fraction of sp³-hybridized carbons (Fsp3) is 0.898. The summed E-state index contributed by atoms with van der Waals surface area (Å²) in [5, 5.41) is 162. The van der Waals surface area contributed by atoms with Crippen molar-refractivity contribution in [2.24, 2.45) is 23.7 Å². The molecule has 30 heteroatoms. The number of carbonyl (C=O) groups is 2. The van der Waals surface area contributed by atoms with E-state index in [0.29, 0.717) is 38.5 Å². The summed E-state index contributed by atoms with van der Waals surface area (Å²) in [7, 11) is 2.89. The van der Waals surface area contributed by atoms with E-state index >= 15 is 0 Å². The van der Waals surface area contributed by atoms with Crippen molar-refractivity contribution in [3.05, 3.63) is 24.3 Å². The topological polar surface area (TPSA) is 461 Å². The maximum absolute atomic E-state index is 13.2. The molecule has 0 bridgehead atoms. The fourth-order valence-corrected chi connectivity index (χ4v) is 14.2. The zero-order valence-corrected chi connectivity index (χ0v) is 50.1. The second kappa shape index (κ2) is 31.7. The normalized spacial score (nSPS) is 49.3. The predicted molar refractivity (Wildman–Crippen MR) is 297 cm³/mol. The molecule has 9 aliphatic rings. The number of ether oxygens (including phenoxy) is 13. The van der Waals surface area contributed by atoms with Gasteiger partial charge in [0.25, 0.3) is 0 Å². The highest BCUT2D eigenvalue weighted by molar-refractivity contribution is 5.82. The molecule has 89 heavy (non-hydrogen) atoms. The summed E-state index contributed by atoms with van der Waals surface area (Å²) >= 11 is 0. The molecule has 4 saturated carbocycles. The Morgan fingerprint density at radius 2 is 0.989 bits per heavy atom. The van der Waals surface area contributed by atoms with Crippen molar-refractivity contribution < 1.29 is 148 Å². The monoisotopic (exact) mass is 1280 g/mol. The van der Waals surface area contributed by atoms with Gasteiger partial charge in [-0.3, -0.25) is 0 Å². The van der Waals surface area contributed by atoms with Crippen molar-refractivity contribution >= 4 is 11.9 Å². The zero-order chi connectivity index (χ0) is 64.1. The molecule has 0 radical (unpaired) electrons. The first-order chi connectivity index (χ1) is 42.5. The third kappa shape index (κ3) is 16.9. The van der Waals surface area contributed by atoms with Crippen molar-refractivity contribution in [1.29, 1.82) is 0 Å². The SMILES string of the molecule is COC1CC(C2[OH+]C3CC(O)CC(O[C@@H]4O[C@H](CO)[C@@H](O)[C@H](O)[C@H]4O)C3CC2O[C@@H]2O[C@H](CO[C@@H]3O[C@@H](C)[C@H](OC(=O)C=CC4CCC(O[C@@H]5O[C@H](COC(=O)C=CC6CCC(O)CC6)[C@@H](O)[C@H](O)[C@H]5O)CC4)[C@@H](O)[C@H]3O)[C@@H](O)[C@H](O)[C@H]2O)CC(OC)C1O. The van der Waals surface area contributed by atoms with Gasteiger partial charge in [0, 0.05) is 45.1 Å². The summed E-state index contributed by atoms with van der Waals surface area (Å²) in [6.45, 7) is -0.269. The van der Waals surface area contributed by atoms with Crippen molar-refractivity contribution in [2.45, 2.75) is 274 Å². The molecule has 30 nitrogen and oxygen atoms in total. The van der Waals surface area contributed by atoms with E-state index in [0.717, 1.165) is 12.8 Å². The molecule has 4 aliphatic carbocycles. The number of hydrogen-bond acceptors (Lipinski definition) is 29. The Labute approximate surface area is 514 Å². The van der Waals surface area contributed by atoms with Crippen LogP contribution in [0.3, 0.4) is 0 Å². The molecule has 0 aromatic heterocycles. The third-order valence-corrected chi connectivity index (χ3v) is 19.6. The van der Waals surface area contributed by atoms with Crippen LogP contribution in [0.5, 0.6) is 0 Å². The molecule has 0 amide bonds. The van der Waals surface area contributed by atoms with Crippen LogP contribution in [0.15, 0.2) is 24.3 Å². The van der Waals surface area contributed by atoms with Gasteiger partial charge in [-0.15, -0.1) is 0 Å². The van der Waals surface area contributed by atoms with E-state index in [1.165, 1.54) is 33.3 Å². The third-order valence-electron chi connectivity index (χ3n) is 19.6. The quantitative estimate of drug-likeness (QED) is 0.0307. The average Bonchev–Trinajstić information content (AvgIpc) is 1.16. The van der Waals surface area contributed by atoms with Crippen LogP contribution in [0.4, 0.5) is 0 Å². The Morgan fingerprint density at radius 1 is 0.483 bits per heavy atom. The minimum atomic E-state index is -1.89. The van der Waals surface area contributed by atoms with Gasteiger partial charge in [0.05, 0.1) is 61.9 Å². The lowest BCUT2D eigenvalue weighted by atomic mass is 9.72. The van der Waals surface area contributed by atoms with E-state index in [2.05, 4.69) is 0 Å². The van der Waals surface area contributed by atoms with Gasteiger partial charge >= 0.3 is 11.9 Å². The molecule has 8 unspecified atom stereocenters. The molecule has 0 aromatic carbocycles. The van der Waals surface area contributed by atoms with Crippen LogP contribution < -0.4 is 0 Å². The van der Waals surface area contributed by atoms with Crippen LogP contribution in [-0.4, -0.2) is 311 Å². The summed E-state index contributed by atoms with van der Waals surface area (Å²) in [6.07, 6.45) is -27.7. The van der Waals surface area contributed by atoms with E-state index in [1.54, 1.807) is 12.2 Å². The van der Waals surface area contributed by atoms with Crippen LogP contribution in [-0.2, 0) is 66.4 Å². The van der Waals surface area contributed by atoms with Gasteiger partial charge < -0.3 is 138 Å². The van der Waals surface area contributed by atoms with Crippen LogP contribution in [0.2, 0.25) is 0 Å². The number of esters is 2. The van der Waals surface area contributed by atoms with Gasteiger partial charge in [-0.25, -0.2) is 9.59 Å². The first-order valence-corrected chi connectivity index (χ1v) is 31.3. The maximum Gasteiger partial charge on any atom is 0.330 e. The van der Waals surface area contributed by atoms with E-state index in [9.17, 15) is 86.2 Å². The van der Waals surface area contributed by atoms with Crippen LogP contribution in [0, 0.1) is 23.7 Å². The summed E-state index contributed by atoms with van der Waals surface area (Å²) in [5.74, 6) is -2.52. The number of aliphatic hydroxyl groups is 17. The highest BCUT2D eigenvalue weighted by Crippen LogP contribution is 2.45. The number of rotatable bonds is 20. The molecule has 9 fully saturated rings. The standard InChI is InChI=1S/C59H94O30/c1-24-54(89-41(64)15-9-26-6-12-30(13-7-26)82-57-50(73)47(70)44(67)38(87-57)22-79-40(63)14-8-25-4-10-28(61)11-5-25)49(72)53(76)56(81-24)80-23-39-45(68)48(71)52(75)59(88-39)85-36-20-31-32(83-55(36)27-16-34(77-2)42(65)35(17-27)78-3)18-29(62)19-33(31)84-58-51(74)46(69)43(66)37(21-60)86-58/h8-9,14-15,24-39,42-62,65-76H,4-7,10-13,16-23H2,1-3H3/p+1/t24-,25?,26?,27?,28?,29?,30?,31?,32?,33?,34?,35?,36?,37+,38+,39+,42?,43+,44+,45+,46-,47-,48-,49-,50+,51+,52+,53+,54-,55?,56+,57+,58+,59+/m0/s1. The van der Waals surface area contributed by atoms with Gasteiger partial charge in [-0.2, -0.15) is 0 Å². The van der Waals surface area contributed by atoms with E-state index in [-0.39, 0.29) is 50.0 Å². The Bertz CT molecular complexity index is 2250. The summed E-state index contributed by atoms with van der Waals surface area (Å²) in [4.78, 5) is 25.6.